The van der Waals surface area contributed by atoms with Gasteiger partial charge in [-0.05, 0) is 26.0 Å². The third-order valence-corrected chi connectivity index (χ3v) is 3.09. The van der Waals surface area contributed by atoms with Gasteiger partial charge in [-0.25, -0.2) is 4.72 Å². The summed E-state index contributed by atoms with van der Waals surface area (Å²) in [7, 11) is -5.75. The molecule has 5 nitrogen and oxygen atoms in total. The Balaban J connectivity index is 3.05. The maximum absolute atomic E-state index is 12.2. The van der Waals surface area contributed by atoms with Crippen LogP contribution in [-0.2, 0) is 10.0 Å². The second-order valence-corrected chi connectivity index (χ2v) is 5.72. The number of rotatable bonds is 4. The van der Waals surface area contributed by atoms with E-state index >= 15 is 0 Å². The van der Waals surface area contributed by atoms with Gasteiger partial charge in [0.05, 0.1) is 11.7 Å². The first kappa shape index (κ1) is 16.3. The van der Waals surface area contributed by atoms with Gasteiger partial charge in [0, 0.05) is 0 Å². The zero-order chi connectivity index (χ0) is 15.6. The summed E-state index contributed by atoms with van der Waals surface area (Å²) in [6, 6.07) is 5.41. The van der Waals surface area contributed by atoms with Crippen molar-refractivity contribution in [3.8, 4) is 5.75 Å². The Hall–Kier alpha value is -1.77. The van der Waals surface area contributed by atoms with Gasteiger partial charge in [-0.3, -0.25) is 4.79 Å². The van der Waals surface area contributed by atoms with Gasteiger partial charge in [-0.1, -0.05) is 12.1 Å². The van der Waals surface area contributed by atoms with E-state index < -0.39 is 21.4 Å². The number of nitrogens with one attached hydrogen (secondary N) is 1. The molecule has 0 fully saturated rings. The topological polar surface area (TPSA) is 72.5 Å². The van der Waals surface area contributed by atoms with E-state index in [2.05, 4.69) is 0 Å². The first-order chi connectivity index (χ1) is 9.04. The first-order valence-corrected chi connectivity index (χ1v) is 6.92. The number of benzene rings is 1. The number of ether oxygens (including phenoxy) is 1. The molecule has 0 spiro atoms. The van der Waals surface area contributed by atoms with E-state index in [9.17, 15) is 26.4 Å². The molecule has 0 aliphatic rings. The van der Waals surface area contributed by atoms with Crippen LogP contribution in [0.3, 0.4) is 0 Å². The summed E-state index contributed by atoms with van der Waals surface area (Å²) >= 11 is 0. The van der Waals surface area contributed by atoms with E-state index in [0.717, 1.165) is 4.72 Å². The molecule has 1 N–H and O–H groups in total. The fourth-order valence-corrected chi connectivity index (χ4v) is 1.72. The average Bonchev–Trinajstić information content (AvgIpc) is 2.26. The third-order valence-electron chi connectivity index (χ3n) is 2.03. The van der Waals surface area contributed by atoms with Crippen molar-refractivity contribution in [3.63, 3.8) is 0 Å². The van der Waals surface area contributed by atoms with Crippen molar-refractivity contribution in [1.29, 1.82) is 0 Å². The van der Waals surface area contributed by atoms with Crippen molar-refractivity contribution in [1.82, 2.24) is 4.72 Å². The first-order valence-electron chi connectivity index (χ1n) is 5.43. The van der Waals surface area contributed by atoms with Gasteiger partial charge in [-0.2, -0.15) is 21.6 Å². The van der Waals surface area contributed by atoms with E-state index in [1.165, 1.54) is 24.3 Å². The highest BCUT2D eigenvalue weighted by molar-refractivity contribution is 7.90. The van der Waals surface area contributed by atoms with Crippen LogP contribution in [0.25, 0.3) is 0 Å². The minimum absolute atomic E-state index is 0.00243. The molecule has 1 rings (SSSR count). The summed E-state index contributed by atoms with van der Waals surface area (Å²) in [5, 5.41) is 0. The van der Waals surface area contributed by atoms with Crippen LogP contribution in [-0.4, -0.2) is 25.9 Å². The average molecular weight is 311 g/mol. The molecule has 20 heavy (non-hydrogen) atoms. The highest BCUT2D eigenvalue weighted by Gasteiger charge is 2.47. The summed E-state index contributed by atoms with van der Waals surface area (Å²) in [5.41, 5.74) is -5.86. The van der Waals surface area contributed by atoms with Crippen molar-refractivity contribution >= 4 is 15.9 Å². The van der Waals surface area contributed by atoms with Crippen molar-refractivity contribution < 1.29 is 31.1 Å². The van der Waals surface area contributed by atoms with Crippen molar-refractivity contribution in [2.45, 2.75) is 25.5 Å². The Kier molecular flexibility index (Phi) is 4.64. The van der Waals surface area contributed by atoms with Crippen molar-refractivity contribution in [2.24, 2.45) is 0 Å². The number of para-hydroxylation sites is 1. The molecule has 0 saturated carbocycles. The fraction of sp³-hybridized carbons (Fsp3) is 0.364. The van der Waals surface area contributed by atoms with Gasteiger partial charge in [-0.15, -0.1) is 0 Å². The number of carbonyl (C=O) groups excluding carboxylic acids is 1. The van der Waals surface area contributed by atoms with Crippen molar-refractivity contribution in [3.05, 3.63) is 29.8 Å². The summed E-state index contributed by atoms with van der Waals surface area (Å²) < 4.78 is 64.5. The zero-order valence-corrected chi connectivity index (χ0v) is 11.4. The highest BCUT2D eigenvalue weighted by Crippen LogP contribution is 2.24. The lowest BCUT2D eigenvalue weighted by molar-refractivity contribution is -0.0446. The Labute approximate surface area is 113 Å². The largest absolute Gasteiger partial charge is 0.516 e. The number of sulfonamides is 1. The van der Waals surface area contributed by atoms with E-state index in [1.807, 2.05) is 0 Å². The van der Waals surface area contributed by atoms with Gasteiger partial charge in [0.15, 0.2) is 0 Å². The van der Waals surface area contributed by atoms with Crippen LogP contribution in [0.1, 0.15) is 24.2 Å². The van der Waals surface area contributed by atoms with Crippen LogP contribution in [0, 0.1) is 0 Å². The standard InChI is InChI=1S/C11H12F3NO4S/c1-7(2)19-9-6-4-3-5-8(9)10(16)15-20(17,18)11(12,13)14/h3-7H,1-2H3,(H,15,16). The molecule has 0 radical (unpaired) electrons. The molecule has 0 aliphatic carbocycles. The molecule has 1 aromatic rings. The predicted molar refractivity (Wildman–Crippen MR) is 64.6 cm³/mol. The van der Waals surface area contributed by atoms with Crippen LogP contribution >= 0.6 is 0 Å². The van der Waals surface area contributed by atoms with E-state index in [0.29, 0.717) is 0 Å². The molecule has 0 heterocycles. The van der Waals surface area contributed by atoms with Crippen LogP contribution in [0.15, 0.2) is 24.3 Å². The molecule has 112 valence electrons. The molecular weight excluding hydrogens is 299 g/mol. The number of halogens is 3. The molecule has 0 saturated heterocycles. The lowest BCUT2D eigenvalue weighted by Gasteiger charge is -2.14. The second-order valence-electron chi connectivity index (χ2n) is 4.04. The summed E-state index contributed by atoms with van der Waals surface area (Å²) in [6.07, 6.45) is -0.330. The van der Waals surface area contributed by atoms with E-state index in [-0.39, 0.29) is 17.4 Å². The molecule has 0 atom stereocenters. The monoisotopic (exact) mass is 311 g/mol. The Bertz CT molecular complexity index is 596. The number of alkyl halides is 3. The molecule has 0 bridgehead atoms. The zero-order valence-electron chi connectivity index (χ0n) is 10.6. The summed E-state index contributed by atoms with van der Waals surface area (Å²) in [4.78, 5) is 11.6. The number of hydrogen-bond donors (Lipinski definition) is 1. The molecule has 0 aromatic heterocycles. The van der Waals surface area contributed by atoms with Gasteiger partial charge in [0.1, 0.15) is 5.75 Å². The third kappa shape index (κ3) is 3.86. The number of carbonyl (C=O) groups is 1. The molecule has 9 heteroatoms. The van der Waals surface area contributed by atoms with Crippen LogP contribution in [0.5, 0.6) is 5.75 Å². The van der Waals surface area contributed by atoms with Crippen LogP contribution < -0.4 is 9.46 Å². The number of amides is 1. The molecule has 0 unspecified atom stereocenters. The second kappa shape index (κ2) is 5.70. The maximum Gasteiger partial charge on any atom is 0.516 e. The fourth-order valence-electron chi connectivity index (χ4n) is 1.25. The lowest BCUT2D eigenvalue weighted by atomic mass is 10.2. The number of hydrogen-bond acceptors (Lipinski definition) is 4. The quantitative estimate of drug-likeness (QED) is 0.924. The van der Waals surface area contributed by atoms with E-state index in [1.54, 1.807) is 13.8 Å². The van der Waals surface area contributed by atoms with Gasteiger partial charge in [0.25, 0.3) is 5.91 Å². The van der Waals surface area contributed by atoms with Crippen LogP contribution in [0.2, 0.25) is 0 Å². The summed E-state index contributed by atoms with van der Waals surface area (Å²) in [6.45, 7) is 3.31. The molecule has 1 aromatic carbocycles. The van der Waals surface area contributed by atoms with Gasteiger partial charge in [0.2, 0.25) is 0 Å². The van der Waals surface area contributed by atoms with Gasteiger partial charge >= 0.3 is 15.5 Å². The minimum Gasteiger partial charge on any atom is -0.490 e. The minimum atomic E-state index is -5.75. The summed E-state index contributed by atoms with van der Waals surface area (Å²) in [5.74, 6) is -1.41. The molecule has 1 amide bonds. The highest BCUT2D eigenvalue weighted by atomic mass is 32.2. The smallest absolute Gasteiger partial charge is 0.490 e. The SMILES string of the molecule is CC(C)Oc1ccccc1C(=O)NS(=O)(=O)C(F)(F)F. The molecular formula is C11H12F3NO4S. The van der Waals surface area contributed by atoms with E-state index in [4.69, 9.17) is 4.74 Å². The van der Waals surface area contributed by atoms with Crippen LogP contribution in [0.4, 0.5) is 13.2 Å². The van der Waals surface area contributed by atoms with Crippen molar-refractivity contribution in [2.75, 3.05) is 0 Å². The molecule has 0 aliphatic heterocycles. The van der Waals surface area contributed by atoms with Gasteiger partial charge < -0.3 is 4.74 Å². The Morgan fingerprint density at radius 3 is 2.30 bits per heavy atom. The Morgan fingerprint density at radius 1 is 1.25 bits per heavy atom. The normalized spacial score (nSPS) is 12.3. The predicted octanol–water partition coefficient (Wildman–Crippen LogP) is 2.05. The Morgan fingerprint density at radius 2 is 1.80 bits per heavy atom. The lowest BCUT2D eigenvalue weighted by Crippen LogP contribution is -2.40. The maximum atomic E-state index is 12.2.